The van der Waals surface area contributed by atoms with Crippen LogP contribution >= 0.6 is 0 Å². The normalized spacial score (nSPS) is 34.1. The van der Waals surface area contributed by atoms with Crippen molar-refractivity contribution in [1.29, 1.82) is 0 Å². The summed E-state index contributed by atoms with van der Waals surface area (Å²) in [6.45, 7) is 0.174. The standard InChI is InChI=1S/C9H9FN2O3/c10-6-3-11-1-4(6)5-2-12-8(13)7(5)9(14)15/h1,3-5,7H,2H2,(H,12,13)(H,14,15)/t4?,5?,7-/m0/s1. The molecule has 3 atom stereocenters. The number of halogens is 1. The third kappa shape index (κ3) is 1.51. The monoisotopic (exact) mass is 212 g/mol. The number of nitrogens with zero attached hydrogens (tertiary/aromatic N) is 1. The average molecular weight is 212 g/mol. The van der Waals surface area contributed by atoms with Crippen LogP contribution in [0, 0.1) is 17.8 Å². The van der Waals surface area contributed by atoms with Gasteiger partial charge in [0.05, 0.1) is 12.1 Å². The van der Waals surface area contributed by atoms with Crippen molar-refractivity contribution in [3.8, 4) is 0 Å². The van der Waals surface area contributed by atoms with Gasteiger partial charge in [-0.15, -0.1) is 0 Å². The molecule has 1 saturated heterocycles. The van der Waals surface area contributed by atoms with E-state index in [1.54, 1.807) is 0 Å². The maximum atomic E-state index is 13.2. The van der Waals surface area contributed by atoms with Crippen LogP contribution in [0.4, 0.5) is 4.39 Å². The second-order valence-electron chi connectivity index (χ2n) is 3.56. The quantitative estimate of drug-likeness (QED) is 0.629. The number of carboxylic acids is 1. The van der Waals surface area contributed by atoms with Crippen molar-refractivity contribution in [3.63, 3.8) is 0 Å². The topological polar surface area (TPSA) is 78.8 Å². The molecule has 1 amide bonds. The summed E-state index contributed by atoms with van der Waals surface area (Å²) in [5.74, 6) is -4.72. The Hall–Kier alpha value is -1.72. The summed E-state index contributed by atoms with van der Waals surface area (Å²) in [5, 5.41) is 11.3. The summed E-state index contributed by atoms with van der Waals surface area (Å²) in [5.41, 5.74) is 0. The van der Waals surface area contributed by atoms with Crippen LogP contribution in [0.2, 0.25) is 0 Å². The highest BCUT2D eigenvalue weighted by atomic mass is 19.1. The Labute approximate surface area is 84.7 Å². The maximum Gasteiger partial charge on any atom is 0.316 e. The van der Waals surface area contributed by atoms with E-state index in [4.69, 9.17) is 5.11 Å². The van der Waals surface area contributed by atoms with E-state index in [9.17, 15) is 14.0 Å². The molecule has 2 N–H and O–H groups in total. The third-order valence-electron chi connectivity index (χ3n) is 2.71. The zero-order valence-electron chi connectivity index (χ0n) is 7.68. The first-order chi connectivity index (χ1) is 7.11. The van der Waals surface area contributed by atoms with Gasteiger partial charge in [-0.05, 0) is 0 Å². The predicted molar refractivity (Wildman–Crippen MR) is 48.8 cm³/mol. The highest BCUT2D eigenvalue weighted by Crippen LogP contribution is 2.32. The minimum atomic E-state index is -1.22. The molecule has 15 heavy (non-hydrogen) atoms. The molecule has 2 unspecified atom stereocenters. The molecule has 0 saturated carbocycles. The summed E-state index contributed by atoms with van der Waals surface area (Å²) in [6, 6.07) is 0. The fourth-order valence-corrected chi connectivity index (χ4v) is 1.95. The predicted octanol–water partition coefficient (Wildman–Crippen LogP) is -0.0553. The Balaban J connectivity index is 2.22. The van der Waals surface area contributed by atoms with Gasteiger partial charge < -0.3 is 10.4 Å². The molecule has 0 aromatic carbocycles. The van der Waals surface area contributed by atoms with Crippen LogP contribution < -0.4 is 5.32 Å². The summed E-state index contributed by atoms with van der Waals surface area (Å²) in [6.07, 6.45) is 2.39. The maximum absolute atomic E-state index is 13.2. The smallest absolute Gasteiger partial charge is 0.316 e. The number of aliphatic imine (C=N–C) groups is 1. The van der Waals surface area contributed by atoms with Gasteiger partial charge in [0.15, 0.2) is 0 Å². The molecule has 6 heteroatoms. The molecule has 2 aliphatic rings. The lowest BCUT2D eigenvalue weighted by Crippen LogP contribution is -2.31. The summed E-state index contributed by atoms with van der Waals surface area (Å²) < 4.78 is 13.2. The summed E-state index contributed by atoms with van der Waals surface area (Å²) in [7, 11) is 0. The van der Waals surface area contributed by atoms with Crippen molar-refractivity contribution in [2.75, 3.05) is 6.54 Å². The van der Waals surface area contributed by atoms with Crippen molar-refractivity contribution in [2.45, 2.75) is 0 Å². The van der Waals surface area contributed by atoms with Gasteiger partial charge in [-0.3, -0.25) is 14.6 Å². The van der Waals surface area contributed by atoms with Crippen LogP contribution in [0.25, 0.3) is 0 Å². The molecule has 0 aromatic rings. The van der Waals surface area contributed by atoms with Crippen molar-refractivity contribution < 1.29 is 19.1 Å². The molecule has 5 nitrogen and oxygen atoms in total. The van der Waals surface area contributed by atoms with E-state index in [2.05, 4.69) is 10.3 Å². The van der Waals surface area contributed by atoms with Gasteiger partial charge in [-0.2, -0.15) is 0 Å². The van der Waals surface area contributed by atoms with Gasteiger partial charge in [-0.25, -0.2) is 4.39 Å². The third-order valence-corrected chi connectivity index (χ3v) is 2.71. The molecule has 0 aromatic heterocycles. The lowest BCUT2D eigenvalue weighted by Gasteiger charge is -2.17. The minimum absolute atomic E-state index is 0.174. The minimum Gasteiger partial charge on any atom is -0.481 e. The molecule has 2 rings (SSSR count). The molecule has 80 valence electrons. The highest BCUT2D eigenvalue weighted by molar-refractivity contribution is 5.99. The fourth-order valence-electron chi connectivity index (χ4n) is 1.95. The van der Waals surface area contributed by atoms with Crippen molar-refractivity contribution in [2.24, 2.45) is 22.7 Å². The van der Waals surface area contributed by atoms with Crippen LogP contribution in [-0.2, 0) is 9.59 Å². The van der Waals surface area contributed by atoms with E-state index < -0.39 is 35.5 Å². The molecule has 0 spiro atoms. The van der Waals surface area contributed by atoms with Crippen molar-refractivity contribution in [1.82, 2.24) is 5.32 Å². The van der Waals surface area contributed by atoms with Crippen molar-refractivity contribution in [3.05, 3.63) is 12.0 Å². The van der Waals surface area contributed by atoms with Gasteiger partial charge in [-0.1, -0.05) is 0 Å². The molecule has 0 aliphatic carbocycles. The van der Waals surface area contributed by atoms with E-state index in [0.717, 1.165) is 6.20 Å². The Kier molecular flexibility index (Phi) is 2.26. The first kappa shape index (κ1) is 9.82. The molecule has 0 radical (unpaired) electrons. The molecular weight excluding hydrogens is 203 g/mol. The first-order valence-corrected chi connectivity index (χ1v) is 4.50. The van der Waals surface area contributed by atoms with Gasteiger partial charge >= 0.3 is 5.97 Å². The van der Waals surface area contributed by atoms with Crippen LogP contribution in [0.5, 0.6) is 0 Å². The number of allylic oxidation sites excluding steroid dienone is 1. The zero-order chi connectivity index (χ0) is 11.0. The number of hydrogen-bond donors (Lipinski definition) is 2. The lowest BCUT2D eigenvalue weighted by atomic mass is 9.84. The van der Waals surface area contributed by atoms with Gasteiger partial charge in [0.25, 0.3) is 0 Å². The number of rotatable bonds is 2. The first-order valence-electron chi connectivity index (χ1n) is 4.50. The number of aliphatic carboxylic acids is 1. The fraction of sp³-hybridized carbons (Fsp3) is 0.444. The van der Waals surface area contributed by atoms with Gasteiger partial charge in [0, 0.05) is 18.7 Å². The van der Waals surface area contributed by atoms with Crippen LogP contribution in [0.15, 0.2) is 17.0 Å². The van der Waals surface area contributed by atoms with Gasteiger partial charge in [0.1, 0.15) is 11.7 Å². The lowest BCUT2D eigenvalue weighted by molar-refractivity contribution is -0.147. The Morgan fingerprint density at radius 2 is 2.40 bits per heavy atom. The van der Waals surface area contributed by atoms with E-state index >= 15 is 0 Å². The van der Waals surface area contributed by atoms with Crippen LogP contribution in [-0.4, -0.2) is 29.7 Å². The summed E-state index contributed by atoms with van der Waals surface area (Å²) in [4.78, 5) is 25.7. The second kappa shape index (κ2) is 3.45. The van der Waals surface area contributed by atoms with E-state index in [1.807, 2.05) is 0 Å². The Morgan fingerprint density at radius 1 is 1.67 bits per heavy atom. The Morgan fingerprint density at radius 3 is 2.93 bits per heavy atom. The number of carbonyl (C=O) groups excluding carboxylic acids is 1. The van der Waals surface area contributed by atoms with Crippen molar-refractivity contribution >= 4 is 18.1 Å². The molecular formula is C9H9FN2O3. The van der Waals surface area contributed by atoms with E-state index in [0.29, 0.717) is 0 Å². The molecule has 0 bridgehead atoms. The van der Waals surface area contributed by atoms with Gasteiger partial charge in [0.2, 0.25) is 5.91 Å². The average Bonchev–Trinajstić information content (AvgIpc) is 2.71. The Bertz CT molecular complexity index is 378. The van der Waals surface area contributed by atoms with E-state index in [1.165, 1.54) is 6.21 Å². The number of carboxylic acid groups (broad SMARTS) is 1. The number of hydrogen-bond acceptors (Lipinski definition) is 3. The molecule has 1 fully saturated rings. The number of nitrogens with one attached hydrogen (secondary N) is 1. The van der Waals surface area contributed by atoms with Crippen LogP contribution in [0.1, 0.15) is 0 Å². The zero-order valence-corrected chi connectivity index (χ0v) is 7.68. The highest BCUT2D eigenvalue weighted by Gasteiger charge is 2.45. The largest absolute Gasteiger partial charge is 0.481 e. The number of amides is 1. The molecule has 2 aliphatic heterocycles. The van der Waals surface area contributed by atoms with Crippen LogP contribution in [0.3, 0.4) is 0 Å². The summed E-state index contributed by atoms with van der Waals surface area (Å²) >= 11 is 0. The number of carbonyl (C=O) groups is 2. The second-order valence-corrected chi connectivity index (χ2v) is 3.56. The SMILES string of the molecule is O=C(O)[C@@H]1C(=O)NCC1C1C=NC=C1F. The van der Waals surface area contributed by atoms with E-state index in [-0.39, 0.29) is 6.54 Å². The molecule has 2 heterocycles.